The van der Waals surface area contributed by atoms with E-state index in [0.717, 1.165) is 17.7 Å². The van der Waals surface area contributed by atoms with Crippen LogP contribution in [0.1, 0.15) is 23.1 Å². The molecule has 2 aromatic carbocycles. The quantitative estimate of drug-likeness (QED) is 0.800. The summed E-state index contributed by atoms with van der Waals surface area (Å²) in [5.74, 6) is -0.351. The predicted octanol–water partition coefficient (Wildman–Crippen LogP) is 3.38. The molecule has 3 rings (SSSR count). The molecule has 0 spiro atoms. The fourth-order valence-corrected chi connectivity index (χ4v) is 3.28. The van der Waals surface area contributed by atoms with Gasteiger partial charge in [0.15, 0.2) is 0 Å². The molecular formula is C21H21F3N2O3. The lowest BCUT2D eigenvalue weighted by Crippen LogP contribution is -2.32. The maximum Gasteiger partial charge on any atom is 0.416 e. The molecular weight excluding hydrogens is 385 g/mol. The molecule has 2 aromatic rings. The Bertz CT molecular complexity index is 899. The highest BCUT2D eigenvalue weighted by molar-refractivity contribution is 5.89. The van der Waals surface area contributed by atoms with Crippen molar-refractivity contribution in [2.45, 2.75) is 25.7 Å². The third-order valence-corrected chi connectivity index (χ3v) is 4.81. The van der Waals surface area contributed by atoms with Gasteiger partial charge in [-0.1, -0.05) is 24.3 Å². The van der Waals surface area contributed by atoms with E-state index in [-0.39, 0.29) is 31.3 Å². The van der Waals surface area contributed by atoms with Crippen LogP contribution in [0.15, 0.2) is 48.5 Å². The summed E-state index contributed by atoms with van der Waals surface area (Å²) < 4.78 is 43.7. The molecule has 1 fully saturated rings. The third-order valence-electron chi connectivity index (χ3n) is 4.81. The van der Waals surface area contributed by atoms with Gasteiger partial charge in [-0.15, -0.1) is 0 Å². The SMILES string of the molecule is COc1cccc(CNC(=O)[C@@H]2CC(=O)N(Cc3cccc(C(F)(F)F)c3)C2)c1. The standard InChI is InChI=1S/C21H21F3N2O3/c1-29-18-7-3-4-14(9-18)11-25-20(28)16-10-19(27)26(13-16)12-15-5-2-6-17(8-15)21(22,23)24/h2-9,16H,10-13H2,1H3,(H,25,28)/t16-/m1/s1. The number of benzene rings is 2. The zero-order valence-electron chi connectivity index (χ0n) is 15.8. The summed E-state index contributed by atoms with van der Waals surface area (Å²) in [6.45, 7) is 0.524. The van der Waals surface area contributed by atoms with E-state index in [9.17, 15) is 22.8 Å². The van der Waals surface area contributed by atoms with Crippen LogP contribution in [0.3, 0.4) is 0 Å². The number of ether oxygens (including phenoxy) is 1. The zero-order chi connectivity index (χ0) is 21.0. The second-order valence-corrected chi connectivity index (χ2v) is 6.94. The molecule has 154 valence electrons. The first kappa shape index (κ1) is 20.7. The molecule has 1 aliphatic rings. The van der Waals surface area contributed by atoms with E-state index in [0.29, 0.717) is 17.9 Å². The van der Waals surface area contributed by atoms with Crippen molar-refractivity contribution in [1.82, 2.24) is 10.2 Å². The maximum atomic E-state index is 12.9. The van der Waals surface area contributed by atoms with Crippen LogP contribution in [-0.4, -0.2) is 30.4 Å². The van der Waals surface area contributed by atoms with Gasteiger partial charge < -0.3 is 15.0 Å². The second-order valence-electron chi connectivity index (χ2n) is 6.94. The summed E-state index contributed by atoms with van der Waals surface area (Å²) in [6, 6.07) is 12.1. The minimum absolute atomic E-state index is 0.0441. The first-order chi connectivity index (χ1) is 13.8. The van der Waals surface area contributed by atoms with Crippen LogP contribution >= 0.6 is 0 Å². The van der Waals surface area contributed by atoms with Crippen molar-refractivity contribution in [2.24, 2.45) is 5.92 Å². The Morgan fingerprint density at radius 2 is 1.90 bits per heavy atom. The number of nitrogens with zero attached hydrogens (tertiary/aromatic N) is 1. The molecule has 0 aromatic heterocycles. The molecule has 29 heavy (non-hydrogen) atoms. The van der Waals surface area contributed by atoms with Gasteiger partial charge in [0.05, 0.1) is 18.6 Å². The monoisotopic (exact) mass is 406 g/mol. The third kappa shape index (κ3) is 5.28. The lowest BCUT2D eigenvalue weighted by Gasteiger charge is -2.18. The van der Waals surface area contributed by atoms with Gasteiger partial charge in [-0.25, -0.2) is 0 Å². The Morgan fingerprint density at radius 3 is 2.62 bits per heavy atom. The normalized spacial score (nSPS) is 16.8. The zero-order valence-corrected chi connectivity index (χ0v) is 15.8. The summed E-state index contributed by atoms with van der Waals surface area (Å²) in [7, 11) is 1.56. The Morgan fingerprint density at radius 1 is 1.17 bits per heavy atom. The van der Waals surface area contributed by atoms with Crippen molar-refractivity contribution in [2.75, 3.05) is 13.7 Å². The molecule has 2 amide bonds. The minimum atomic E-state index is -4.44. The molecule has 0 radical (unpaired) electrons. The van der Waals surface area contributed by atoms with E-state index in [1.807, 2.05) is 12.1 Å². The summed E-state index contributed by atoms with van der Waals surface area (Å²) in [5.41, 5.74) is 0.489. The number of hydrogen-bond donors (Lipinski definition) is 1. The van der Waals surface area contributed by atoms with Crippen LogP contribution in [-0.2, 0) is 28.9 Å². The molecule has 1 aliphatic heterocycles. The number of amides is 2. The van der Waals surface area contributed by atoms with Gasteiger partial charge in [0.25, 0.3) is 0 Å². The van der Waals surface area contributed by atoms with Crippen molar-refractivity contribution >= 4 is 11.8 Å². The summed E-state index contributed by atoms with van der Waals surface area (Å²) in [4.78, 5) is 26.1. The van der Waals surface area contributed by atoms with Crippen LogP contribution in [0, 0.1) is 5.92 Å². The number of methoxy groups -OCH3 is 1. The van der Waals surface area contributed by atoms with Crippen LogP contribution in [0.5, 0.6) is 5.75 Å². The van der Waals surface area contributed by atoms with E-state index < -0.39 is 17.7 Å². The smallest absolute Gasteiger partial charge is 0.416 e. The lowest BCUT2D eigenvalue weighted by atomic mass is 10.1. The highest BCUT2D eigenvalue weighted by Crippen LogP contribution is 2.30. The predicted molar refractivity (Wildman–Crippen MR) is 99.8 cm³/mol. The van der Waals surface area contributed by atoms with E-state index in [4.69, 9.17) is 4.74 Å². The van der Waals surface area contributed by atoms with Crippen molar-refractivity contribution in [3.05, 3.63) is 65.2 Å². The van der Waals surface area contributed by atoms with Gasteiger partial charge in [-0.2, -0.15) is 13.2 Å². The topological polar surface area (TPSA) is 58.6 Å². The maximum absolute atomic E-state index is 12.9. The number of rotatable bonds is 6. The molecule has 0 unspecified atom stereocenters. The Hall–Kier alpha value is -3.03. The van der Waals surface area contributed by atoms with Crippen molar-refractivity contribution in [3.8, 4) is 5.75 Å². The van der Waals surface area contributed by atoms with Gasteiger partial charge in [0.1, 0.15) is 5.75 Å². The molecule has 5 nitrogen and oxygen atoms in total. The first-order valence-corrected chi connectivity index (χ1v) is 9.11. The molecule has 0 bridgehead atoms. The molecule has 1 atom stereocenters. The average Bonchev–Trinajstić information content (AvgIpc) is 3.06. The lowest BCUT2D eigenvalue weighted by molar-refractivity contribution is -0.137. The van der Waals surface area contributed by atoms with Gasteiger partial charge in [0, 0.05) is 26.1 Å². The second kappa shape index (κ2) is 8.55. The Kier molecular flexibility index (Phi) is 6.10. The molecule has 0 saturated carbocycles. The molecule has 1 N–H and O–H groups in total. The Balaban J connectivity index is 1.57. The van der Waals surface area contributed by atoms with Gasteiger partial charge in [-0.05, 0) is 35.4 Å². The molecule has 8 heteroatoms. The molecule has 0 aliphatic carbocycles. The molecule has 1 heterocycles. The van der Waals surface area contributed by atoms with Crippen LogP contribution < -0.4 is 10.1 Å². The van der Waals surface area contributed by atoms with E-state index >= 15 is 0 Å². The van der Waals surface area contributed by atoms with Gasteiger partial charge in [-0.3, -0.25) is 9.59 Å². The van der Waals surface area contributed by atoms with Crippen LogP contribution in [0.25, 0.3) is 0 Å². The number of likely N-dealkylation sites (tertiary alicyclic amines) is 1. The average molecular weight is 406 g/mol. The number of carbonyl (C=O) groups excluding carboxylic acids is 2. The van der Waals surface area contributed by atoms with Crippen molar-refractivity contribution in [1.29, 1.82) is 0 Å². The van der Waals surface area contributed by atoms with Gasteiger partial charge in [0.2, 0.25) is 11.8 Å². The van der Waals surface area contributed by atoms with E-state index in [2.05, 4.69) is 5.32 Å². The summed E-state index contributed by atoms with van der Waals surface area (Å²) in [5, 5.41) is 2.80. The number of carbonyl (C=O) groups is 2. The van der Waals surface area contributed by atoms with E-state index in [1.165, 1.54) is 11.0 Å². The summed E-state index contributed by atoms with van der Waals surface area (Å²) in [6.07, 6.45) is -4.39. The number of hydrogen-bond acceptors (Lipinski definition) is 3. The fraction of sp³-hybridized carbons (Fsp3) is 0.333. The van der Waals surface area contributed by atoms with Crippen molar-refractivity contribution < 1.29 is 27.5 Å². The number of alkyl halides is 3. The van der Waals surface area contributed by atoms with Crippen LogP contribution in [0.4, 0.5) is 13.2 Å². The largest absolute Gasteiger partial charge is 0.497 e. The number of nitrogens with one attached hydrogen (secondary N) is 1. The highest BCUT2D eigenvalue weighted by atomic mass is 19.4. The van der Waals surface area contributed by atoms with Crippen molar-refractivity contribution in [3.63, 3.8) is 0 Å². The summed E-state index contributed by atoms with van der Waals surface area (Å²) >= 11 is 0. The fourth-order valence-electron chi connectivity index (χ4n) is 3.28. The Labute approximate surface area is 166 Å². The van der Waals surface area contributed by atoms with Crippen LogP contribution in [0.2, 0.25) is 0 Å². The highest BCUT2D eigenvalue weighted by Gasteiger charge is 2.35. The number of halogens is 3. The van der Waals surface area contributed by atoms with Gasteiger partial charge >= 0.3 is 6.18 Å². The van der Waals surface area contributed by atoms with E-state index in [1.54, 1.807) is 25.3 Å². The minimum Gasteiger partial charge on any atom is -0.497 e. The molecule has 1 saturated heterocycles. The first-order valence-electron chi connectivity index (χ1n) is 9.11.